The largest absolute Gasteiger partial charge is 0.449 e. The van der Waals surface area contributed by atoms with Gasteiger partial charge in [0.2, 0.25) is 0 Å². The van der Waals surface area contributed by atoms with Crippen LogP contribution in [0, 0.1) is 0 Å². The number of esters is 1. The minimum Gasteiger partial charge on any atom is -0.449 e. The summed E-state index contributed by atoms with van der Waals surface area (Å²) in [6.07, 6.45) is 1.98. The Kier molecular flexibility index (Phi) is 6.09. The number of carbonyl (C=O) groups is 2. The predicted molar refractivity (Wildman–Crippen MR) is 74.7 cm³/mol. The van der Waals surface area contributed by atoms with Gasteiger partial charge in [-0.15, -0.1) is 0 Å². The summed E-state index contributed by atoms with van der Waals surface area (Å²) in [4.78, 5) is 22.9. The van der Waals surface area contributed by atoms with Gasteiger partial charge in [-0.2, -0.15) is 0 Å². The van der Waals surface area contributed by atoms with Crippen LogP contribution < -0.4 is 5.32 Å². The molecule has 1 atom stereocenters. The highest BCUT2D eigenvalue weighted by molar-refractivity contribution is 6.32. The Labute approximate surface area is 117 Å². The average molecular weight is 282 g/mol. The van der Waals surface area contributed by atoms with Crippen LogP contribution in [0.5, 0.6) is 0 Å². The molecule has 5 heteroatoms. The number of nitrogens with one attached hydrogen (secondary N) is 1. The number of amides is 1. The van der Waals surface area contributed by atoms with Gasteiger partial charge >= 0.3 is 5.97 Å². The molecule has 0 unspecified atom stereocenters. The van der Waals surface area contributed by atoms with Crippen molar-refractivity contribution < 1.29 is 14.3 Å². The maximum absolute atomic E-state index is 11.5. The first kappa shape index (κ1) is 15.2. The van der Waals surface area contributed by atoms with Crippen LogP contribution in [0.25, 0.3) is 6.08 Å². The highest BCUT2D eigenvalue weighted by Crippen LogP contribution is 2.16. The summed E-state index contributed by atoms with van der Waals surface area (Å²) in [5.74, 6) is -0.902. The van der Waals surface area contributed by atoms with E-state index in [0.29, 0.717) is 17.1 Å². The zero-order valence-electron chi connectivity index (χ0n) is 10.9. The number of halogens is 1. The lowest BCUT2D eigenvalue weighted by Gasteiger charge is -2.10. The van der Waals surface area contributed by atoms with Gasteiger partial charge in [-0.05, 0) is 31.6 Å². The normalized spacial score (nSPS) is 12.2. The minimum absolute atomic E-state index is 0.318. The van der Waals surface area contributed by atoms with Crippen LogP contribution in [-0.4, -0.2) is 24.5 Å². The number of rotatable bonds is 5. The van der Waals surface area contributed by atoms with Crippen molar-refractivity contribution in [2.75, 3.05) is 6.54 Å². The van der Waals surface area contributed by atoms with Gasteiger partial charge in [0.05, 0.1) is 0 Å². The standard InChI is InChI=1S/C14H16ClNO3/c1-3-16-14(18)10(2)19-13(17)9-8-11-6-4-5-7-12(11)15/h4-10H,3H2,1-2H3,(H,16,18)/b9-8+/t10-/m0/s1. The number of ether oxygens (including phenoxy) is 1. The first-order chi connectivity index (χ1) is 9.04. The van der Waals surface area contributed by atoms with Crippen LogP contribution in [0.1, 0.15) is 19.4 Å². The van der Waals surface area contributed by atoms with E-state index in [2.05, 4.69) is 5.32 Å². The molecule has 1 amide bonds. The fourth-order valence-electron chi connectivity index (χ4n) is 1.35. The minimum atomic E-state index is -0.816. The van der Waals surface area contributed by atoms with Gasteiger partial charge < -0.3 is 10.1 Å². The topological polar surface area (TPSA) is 55.4 Å². The first-order valence-electron chi connectivity index (χ1n) is 5.95. The molecule has 0 saturated carbocycles. The van der Waals surface area contributed by atoms with Crippen molar-refractivity contribution in [1.82, 2.24) is 5.32 Å². The lowest BCUT2D eigenvalue weighted by Crippen LogP contribution is -2.35. The van der Waals surface area contributed by atoms with Crippen molar-refractivity contribution >= 4 is 29.6 Å². The predicted octanol–water partition coefficient (Wildman–Crippen LogP) is 2.42. The molecular formula is C14H16ClNO3. The summed E-state index contributed by atoms with van der Waals surface area (Å²) in [7, 11) is 0. The summed E-state index contributed by atoms with van der Waals surface area (Å²) in [5.41, 5.74) is 0.715. The van der Waals surface area contributed by atoms with E-state index in [-0.39, 0.29) is 5.91 Å². The molecule has 0 bridgehead atoms. The molecule has 0 spiro atoms. The van der Waals surface area contributed by atoms with Gasteiger partial charge in [0.25, 0.3) is 5.91 Å². The number of carbonyl (C=O) groups excluding carboxylic acids is 2. The molecule has 1 rings (SSSR count). The molecule has 1 aromatic rings. The summed E-state index contributed by atoms with van der Waals surface area (Å²) in [6.45, 7) is 3.81. The summed E-state index contributed by atoms with van der Waals surface area (Å²) < 4.78 is 4.95. The Hall–Kier alpha value is -1.81. The Bertz CT molecular complexity index is 485. The molecule has 0 aliphatic heterocycles. The Morgan fingerprint density at radius 2 is 2.11 bits per heavy atom. The quantitative estimate of drug-likeness (QED) is 0.666. The maximum Gasteiger partial charge on any atom is 0.331 e. The van der Waals surface area contributed by atoms with Crippen molar-refractivity contribution in [2.24, 2.45) is 0 Å². The van der Waals surface area contributed by atoms with Crippen LogP contribution >= 0.6 is 11.6 Å². The number of benzene rings is 1. The van der Waals surface area contributed by atoms with Gasteiger partial charge in [-0.25, -0.2) is 4.79 Å². The maximum atomic E-state index is 11.5. The molecule has 0 aliphatic carbocycles. The summed E-state index contributed by atoms with van der Waals surface area (Å²) in [5, 5.41) is 3.12. The van der Waals surface area contributed by atoms with Gasteiger partial charge in [0.1, 0.15) is 0 Å². The van der Waals surface area contributed by atoms with Gasteiger partial charge in [-0.1, -0.05) is 29.8 Å². The molecule has 0 heterocycles. The lowest BCUT2D eigenvalue weighted by molar-refractivity contribution is -0.150. The van der Waals surface area contributed by atoms with E-state index in [4.69, 9.17) is 16.3 Å². The smallest absolute Gasteiger partial charge is 0.331 e. The third kappa shape index (κ3) is 5.14. The van der Waals surface area contributed by atoms with E-state index in [0.717, 1.165) is 0 Å². The fourth-order valence-corrected chi connectivity index (χ4v) is 1.55. The van der Waals surface area contributed by atoms with Crippen LogP contribution in [0.2, 0.25) is 5.02 Å². The monoisotopic (exact) mass is 281 g/mol. The zero-order valence-corrected chi connectivity index (χ0v) is 11.6. The van der Waals surface area contributed by atoms with Crippen LogP contribution in [0.3, 0.4) is 0 Å². The molecule has 19 heavy (non-hydrogen) atoms. The van der Waals surface area contributed by atoms with E-state index in [9.17, 15) is 9.59 Å². The van der Waals surface area contributed by atoms with E-state index >= 15 is 0 Å². The number of hydrogen-bond donors (Lipinski definition) is 1. The second-order valence-corrected chi connectivity index (χ2v) is 4.24. The lowest BCUT2D eigenvalue weighted by atomic mass is 10.2. The Morgan fingerprint density at radius 1 is 1.42 bits per heavy atom. The second kappa shape index (κ2) is 7.59. The van der Waals surface area contributed by atoms with Crippen molar-refractivity contribution in [2.45, 2.75) is 20.0 Å². The van der Waals surface area contributed by atoms with E-state index < -0.39 is 12.1 Å². The SMILES string of the molecule is CCNC(=O)[C@H](C)OC(=O)/C=C/c1ccccc1Cl. The Morgan fingerprint density at radius 3 is 2.74 bits per heavy atom. The fraction of sp³-hybridized carbons (Fsp3) is 0.286. The molecular weight excluding hydrogens is 266 g/mol. The van der Waals surface area contributed by atoms with Gasteiger partial charge in [-0.3, -0.25) is 4.79 Å². The van der Waals surface area contributed by atoms with Crippen molar-refractivity contribution in [3.05, 3.63) is 40.9 Å². The molecule has 4 nitrogen and oxygen atoms in total. The van der Waals surface area contributed by atoms with Crippen LogP contribution in [-0.2, 0) is 14.3 Å². The van der Waals surface area contributed by atoms with Crippen LogP contribution in [0.15, 0.2) is 30.3 Å². The molecule has 0 saturated heterocycles. The number of hydrogen-bond acceptors (Lipinski definition) is 3. The highest BCUT2D eigenvalue weighted by atomic mass is 35.5. The van der Waals surface area contributed by atoms with E-state index in [1.165, 1.54) is 13.0 Å². The first-order valence-corrected chi connectivity index (χ1v) is 6.33. The molecule has 0 aliphatic rings. The average Bonchev–Trinajstić information content (AvgIpc) is 2.38. The van der Waals surface area contributed by atoms with Gasteiger partial charge in [0, 0.05) is 17.6 Å². The molecule has 0 aromatic heterocycles. The zero-order chi connectivity index (χ0) is 14.3. The third-order valence-electron chi connectivity index (χ3n) is 2.32. The Balaban J connectivity index is 2.56. The molecule has 1 aromatic carbocycles. The highest BCUT2D eigenvalue weighted by Gasteiger charge is 2.15. The molecule has 0 radical (unpaired) electrons. The van der Waals surface area contributed by atoms with E-state index in [1.807, 2.05) is 6.07 Å². The van der Waals surface area contributed by atoms with Crippen molar-refractivity contribution in [1.29, 1.82) is 0 Å². The summed E-state index contributed by atoms with van der Waals surface area (Å²) >= 11 is 5.94. The third-order valence-corrected chi connectivity index (χ3v) is 2.66. The van der Waals surface area contributed by atoms with E-state index in [1.54, 1.807) is 31.2 Å². The number of likely N-dealkylation sites (N-methyl/N-ethyl adjacent to an activating group) is 1. The molecule has 0 fully saturated rings. The van der Waals surface area contributed by atoms with Crippen molar-refractivity contribution in [3.8, 4) is 0 Å². The van der Waals surface area contributed by atoms with Crippen LogP contribution in [0.4, 0.5) is 0 Å². The second-order valence-electron chi connectivity index (χ2n) is 3.83. The van der Waals surface area contributed by atoms with Crippen molar-refractivity contribution in [3.63, 3.8) is 0 Å². The molecule has 1 N–H and O–H groups in total. The van der Waals surface area contributed by atoms with Gasteiger partial charge in [0.15, 0.2) is 6.10 Å². The summed E-state index contributed by atoms with van der Waals surface area (Å²) in [6, 6.07) is 7.12. The molecule has 102 valence electrons.